The van der Waals surface area contributed by atoms with Crippen molar-refractivity contribution in [2.75, 3.05) is 0 Å². The van der Waals surface area contributed by atoms with Gasteiger partial charge in [-0.1, -0.05) is 40.0 Å². The molecule has 1 saturated carbocycles. The molecule has 0 bridgehead atoms. The molecule has 13 heavy (non-hydrogen) atoms. The lowest BCUT2D eigenvalue weighted by molar-refractivity contribution is 0.430. The van der Waals surface area contributed by atoms with Gasteiger partial charge < -0.3 is 5.32 Å². The summed E-state index contributed by atoms with van der Waals surface area (Å²) < 4.78 is 0. The molecule has 0 radical (unpaired) electrons. The summed E-state index contributed by atoms with van der Waals surface area (Å²) in [6, 6.07) is 1.48. The van der Waals surface area contributed by atoms with E-state index in [1.54, 1.807) is 0 Å². The SMILES string of the molecule is CCCCC1CCC(NC(C)C)C1. The fourth-order valence-corrected chi connectivity index (χ4v) is 2.45. The zero-order chi connectivity index (χ0) is 9.68. The Bertz CT molecular complexity index is 131. The lowest BCUT2D eigenvalue weighted by Crippen LogP contribution is -2.32. The van der Waals surface area contributed by atoms with Gasteiger partial charge in [-0.15, -0.1) is 0 Å². The van der Waals surface area contributed by atoms with Crippen LogP contribution < -0.4 is 5.32 Å². The summed E-state index contributed by atoms with van der Waals surface area (Å²) in [6.07, 6.45) is 8.56. The molecule has 1 aliphatic rings. The summed E-state index contributed by atoms with van der Waals surface area (Å²) in [4.78, 5) is 0. The maximum atomic E-state index is 3.65. The quantitative estimate of drug-likeness (QED) is 0.689. The Kier molecular flexibility index (Phi) is 4.79. The van der Waals surface area contributed by atoms with Crippen molar-refractivity contribution in [3.63, 3.8) is 0 Å². The number of nitrogens with one attached hydrogen (secondary N) is 1. The van der Waals surface area contributed by atoms with Crippen LogP contribution in [-0.4, -0.2) is 12.1 Å². The molecule has 78 valence electrons. The van der Waals surface area contributed by atoms with Crippen LogP contribution in [-0.2, 0) is 0 Å². The van der Waals surface area contributed by atoms with E-state index in [0.717, 1.165) is 12.0 Å². The third-order valence-electron chi connectivity index (χ3n) is 3.08. The molecule has 2 unspecified atom stereocenters. The van der Waals surface area contributed by atoms with Gasteiger partial charge in [-0.3, -0.25) is 0 Å². The van der Waals surface area contributed by atoms with E-state index in [1.165, 1.54) is 38.5 Å². The number of rotatable bonds is 5. The number of unbranched alkanes of at least 4 members (excludes halogenated alkanes) is 1. The van der Waals surface area contributed by atoms with Gasteiger partial charge in [0, 0.05) is 12.1 Å². The molecule has 2 atom stereocenters. The Morgan fingerprint density at radius 1 is 1.31 bits per heavy atom. The van der Waals surface area contributed by atoms with Crippen molar-refractivity contribution in [3.8, 4) is 0 Å². The predicted octanol–water partition coefficient (Wildman–Crippen LogP) is 3.34. The van der Waals surface area contributed by atoms with E-state index in [2.05, 4.69) is 26.1 Å². The molecular weight excluding hydrogens is 158 g/mol. The van der Waals surface area contributed by atoms with E-state index in [1.807, 2.05) is 0 Å². The van der Waals surface area contributed by atoms with Crippen molar-refractivity contribution < 1.29 is 0 Å². The molecule has 0 amide bonds. The van der Waals surface area contributed by atoms with Crippen molar-refractivity contribution >= 4 is 0 Å². The van der Waals surface area contributed by atoms with Crippen LogP contribution in [0.5, 0.6) is 0 Å². The summed E-state index contributed by atoms with van der Waals surface area (Å²) in [7, 11) is 0. The van der Waals surface area contributed by atoms with Crippen molar-refractivity contribution in [2.45, 2.75) is 71.4 Å². The Morgan fingerprint density at radius 3 is 2.69 bits per heavy atom. The van der Waals surface area contributed by atoms with Crippen LogP contribution in [0.2, 0.25) is 0 Å². The van der Waals surface area contributed by atoms with Gasteiger partial charge in [0.05, 0.1) is 0 Å². The lowest BCUT2D eigenvalue weighted by atomic mass is 10.0. The maximum Gasteiger partial charge on any atom is 0.00721 e. The Labute approximate surface area is 83.3 Å². The van der Waals surface area contributed by atoms with Gasteiger partial charge in [-0.05, 0) is 25.2 Å². The van der Waals surface area contributed by atoms with E-state index in [0.29, 0.717) is 6.04 Å². The second kappa shape index (κ2) is 5.64. The molecular formula is C12H25N. The number of hydrogen-bond acceptors (Lipinski definition) is 1. The van der Waals surface area contributed by atoms with Crippen LogP contribution in [0.4, 0.5) is 0 Å². The van der Waals surface area contributed by atoms with Gasteiger partial charge >= 0.3 is 0 Å². The van der Waals surface area contributed by atoms with E-state index in [4.69, 9.17) is 0 Å². The van der Waals surface area contributed by atoms with Gasteiger partial charge in [0.1, 0.15) is 0 Å². The molecule has 0 aromatic rings. The van der Waals surface area contributed by atoms with Crippen LogP contribution in [0, 0.1) is 5.92 Å². The van der Waals surface area contributed by atoms with Gasteiger partial charge in [0.15, 0.2) is 0 Å². The molecule has 1 heteroatoms. The van der Waals surface area contributed by atoms with E-state index >= 15 is 0 Å². The molecule has 1 nitrogen and oxygen atoms in total. The first-order valence-corrected chi connectivity index (χ1v) is 5.98. The van der Waals surface area contributed by atoms with Crippen molar-refractivity contribution in [2.24, 2.45) is 5.92 Å². The third kappa shape index (κ3) is 4.12. The summed E-state index contributed by atoms with van der Waals surface area (Å²) in [5.41, 5.74) is 0. The maximum absolute atomic E-state index is 3.65. The Morgan fingerprint density at radius 2 is 2.08 bits per heavy atom. The fourth-order valence-electron chi connectivity index (χ4n) is 2.45. The van der Waals surface area contributed by atoms with E-state index in [9.17, 15) is 0 Å². The van der Waals surface area contributed by atoms with Crippen LogP contribution in [0.3, 0.4) is 0 Å². The number of hydrogen-bond donors (Lipinski definition) is 1. The predicted molar refractivity (Wildman–Crippen MR) is 58.9 cm³/mol. The molecule has 1 aliphatic carbocycles. The summed E-state index contributed by atoms with van der Waals surface area (Å²) in [6.45, 7) is 6.79. The highest BCUT2D eigenvalue weighted by Gasteiger charge is 2.23. The minimum atomic E-state index is 0.662. The summed E-state index contributed by atoms with van der Waals surface area (Å²) >= 11 is 0. The third-order valence-corrected chi connectivity index (χ3v) is 3.08. The van der Waals surface area contributed by atoms with Gasteiger partial charge in [0.2, 0.25) is 0 Å². The van der Waals surface area contributed by atoms with Gasteiger partial charge in [0.25, 0.3) is 0 Å². The first-order valence-electron chi connectivity index (χ1n) is 5.98. The molecule has 1 fully saturated rings. The highest BCUT2D eigenvalue weighted by molar-refractivity contribution is 4.81. The highest BCUT2D eigenvalue weighted by atomic mass is 14.9. The van der Waals surface area contributed by atoms with Crippen molar-refractivity contribution in [1.29, 1.82) is 0 Å². The second-order valence-electron chi connectivity index (χ2n) is 4.84. The average Bonchev–Trinajstić information content (AvgIpc) is 2.48. The fraction of sp³-hybridized carbons (Fsp3) is 1.00. The van der Waals surface area contributed by atoms with Crippen molar-refractivity contribution in [1.82, 2.24) is 5.32 Å². The molecule has 0 spiro atoms. The molecule has 0 heterocycles. The van der Waals surface area contributed by atoms with Crippen LogP contribution in [0.25, 0.3) is 0 Å². The summed E-state index contributed by atoms with van der Waals surface area (Å²) in [5.74, 6) is 1.02. The van der Waals surface area contributed by atoms with Crippen LogP contribution in [0.15, 0.2) is 0 Å². The monoisotopic (exact) mass is 183 g/mol. The standard InChI is InChI=1S/C12H25N/c1-4-5-6-11-7-8-12(9-11)13-10(2)3/h10-13H,4-9H2,1-3H3. The summed E-state index contributed by atoms with van der Waals surface area (Å²) in [5, 5.41) is 3.65. The van der Waals surface area contributed by atoms with E-state index < -0.39 is 0 Å². The van der Waals surface area contributed by atoms with Gasteiger partial charge in [-0.25, -0.2) is 0 Å². The Balaban J connectivity index is 2.12. The zero-order valence-corrected chi connectivity index (χ0v) is 9.47. The topological polar surface area (TPSA) is 12.0 Å². The van der Waals surface area contributed by atoms with E-state index in [-0.39, 0.29) is 0 Å². The second-order valence-corrected chi connectivity index (χ2v) is 4.84. The first kappa shape index (κ1) is 11.0. The molecule has 0 saturated heterocycles. The highest BCUT2D eigenvalue weighted by Crippen LogP contribution is 2.29. The Hall–Kier alpha value is -0.0400. The molecule has 1 rings (SSSR count). The normalized spacial score (nSPS) is 28.6. The largest absolute Gasteiger partial charge is 0.312 e. The zero-order valence-electron chi connectivity index (χ0n) is 9.47. The van der Waals surface area contributed by atoms with Crippen molar-refractivity contribution in [3.05, 3.63) is 0 Å². The molecule has 1 N–H and O–H groups in total. The minimum absolute atomic E-state index is 0.662. The lowest BCUT2D eigenvalue weighted by Gasteiger charge is -2.15. The smallest absolute Gasteiger partial charge is 0.00721 e. The minimum Gasteiger partial charge on any atom is -0.312 e. The first-order chi connectivity index (χ1) is 6.22. The van der Waals surface area contributed by atoms with Crippen LogP contribution >= 0.6 is 0 Å². The average molecular weight is 183 g/mol. The molecule has 0 aliphatic heterocycles. The molecule has 0 aromatic heterocycles. The van der Waals surface area contributed by atoms with Crippen LogP contribution in [0.1, 0.15) is 59.3 Å². The molecule has 0 aromatic carbocycles. The van der Waals surface area contributed by atoms with Gasteiger partial charge in [-0.2, -0.15) is 0 Å².